The van der Waals surface area contributed by atoms with Crippen molar-refractivity contribution >= 4 is 11.3 Å². The van der Waals surface area contributed by atoms with Crippen molar-refractivity contribution in [2.24, 2.45) is 0 Å². The van der Waals surface area contributed by atoms with Crippen molar-refractivity contribution in [3.63, 3.8) is 0 Å². The lowest BCUT2D eigenvalue weighted by atomic mass is 10.1. The van der Waals surface area contributed by atoms with E-state index in [1.54, 1.807) is 11.3 Å². The van der Waals surface area contributed by atoms with Crippen LogP contribution in [0.2, 0.25) is 0 Å². The minimum Gasteiger partial charge on any atom is -0.340 e. The molecule has 0 saturated heterocycles. The predicted octanol–water partition coefficient (Wildman–Crippen LogP) is 3.13. The Bertz CT molecular complexity index is 634. The summed E-state index contributed by atoms with van der Waals surface area (Å²) in [6, 6.07) is 12.7. The summed E-state index contributed by atoms with van der Waals surface area (Å²) in [7, 11) is 0. The third-order valence-corrected chi connectivity index (χ3v) is 3.92. The molecule has 102 valence electrons. The van der Waals surface area contributed by atoms with Crippen molar-refractivity contribution in [3.8, 4) is 11.1 Å². The highest BCUT2D eigenvalue weighted by Crippen LogP contribution is 2.25. The maximum absolute atomic E-state index is 4.95. The summed E-state index contributed by atoms with van der Waals surface area (Å²) in [5.41, 5.74) is 2.55. The Labute approximate surface area is 121 Å². The lowest BCUT2D eigenvalue weighted by Gasteiger charge is -2.00. The summed E-state index contributed by atoms with van der Waals surface area (Å²) in [4.78, 5) is 5.32. The van der Waals surface area contributed by atoms with Gasteiger partial charge in [-0.15, -0.1) is 11.3 Å². The van der Waals surface area contributed by atoms with E-state index in [-0.39, 0.29) is 0 Å². The average Bonchev–Trinajstić information content (AvgIpc) is 3.16. The zero-order valence-corrected chi connectivity index (χ0v) is 11.8. The number of benzene rings is 1. The molecule has 0 saturated carbocycles. The Kier molecular flexibility index (Phi) is 4.20. The van der Waals surface area contributed by atoms with Crippen LogP contribution in [0.1, 0.15) is 10.8 Å². The SMILES string of the molecule is c1ccc(-c2csc(CNCCc3ncno3)c2)cc1. The van der Waals surface area contributed by atoms with Crippen LogP contribution in [0.15, 0.2) is 52.6 Å². The van der Waals surface area contributed by atoms with Gasteiger partial charge in [0.1, 0.15) is 0 Å². The topological polar surface area (TPSA) is 51.0 Å². The molecule has 5 heteroatoms. The summed E-state index contributed by atoms with van der Waals surface area (Å²) < 4.78 is 4.95. The van der Waals surface area contributed by atoms with Gasteiger partial charge in [-0.3, -0.25) is 0 Å². The molecule has 0 unspecified atom stereocenters. The first kappa shape index (κ1) is 13.0. The van der Waals surface area contributed by atoms with Gasteiger partial charge >= 0.3 is 0 Å². The molecule has 0 aliphatic carbocycles. The zero-order valence-electron chi connectivity index (χ0n) is 11.0. The van der Waals surface area contributed by atoms with Gasteiger partial charge in [0.15, 0.2) is 6.33 Å². The van der Waals surface area contributed by atoms with Gasteiger partial charge in [-0.2, -0.15) is 4.98 Å². The molecule has 1 aromatic carbocycles. The van der Waals surface area contributed by atoms with E-state index in [4.69, 9.17) is 4.52 Å². The van der Waals surface area contributed by atoms with Crippen molar-refractivity contribution in [2.45, 2.75) is 13.0 Å². The summed E-state index contributed by atoms with van der Waals surface area (Å²) in [6.45, 7) is 1.70. The molecule has 1 N–H and O–H groups in total. The van der Waals surface area contributed by atoms with Gasteiger partial charge in [-0.1, -0.05) is 35.5 Å². The van der Waals surface area contributed by atoms with Gasteiger partial charge < -0.3 is 9.84 Å². The van der Waals surface area contributed by atoms with Crippen molar-refractivity contribution in [1.29, 1.82) is 0 Å². The summed E-state index contributed by atoms with van der Waals surface area (Å²) in [6.07, 6.45) is 2.19. The van der Waals surface area contributed by atoms with Crippen LogP contribution in [-0.2, 0) is 13.0 Å². The predicted molar refractivity (Wildman–Crippen MR) is 79.5 cm³/mol. The number of rotatable bonds is 6. The van der Waals surface area contributed by atoms with E-state index in [9.17, 15) is 0 Å². The van der Waals surface area contributed by atoms with Crippen LogP contribution >= 0.6 is 11.3 Å². The van der Waals surface area contributed by atoms with Crippen LogP contribution in [0.4, 0.5) is 0 Å². The maximum Gasteiger partial charge on any atom is 0.227 e. The van der Waals surface area contributed by atoms with Gasteiger partial charge in [-0.25, -0.2) is 0 Å². The van der Waals surface area contributed by atoms with E-state index in [0.717, 1.165) is 19.5 Å². The van der Waals surface area contributed by atoms with E-state index in [2.05, 4.69) is 51.2 Å². The van der Waals surface area contributed by atoms with Crippen LogP contribution < -0.4 is 5.32 Å². The summed E-state index contributed by atoms with van der Waals surface area (Å²) in [5.74, 6) is 0.675. The largest absolute Gasteiger partial charge is 0.340 e. The second kappa shape index (κ2) is 6.45. The summed E-state index contributed by atoms with van der Waals surface area (Å²) >= 11 is 1.78. The molecule has 0 aliphatic rings. The van der Waals surface area contributed by atoms with Crippen molar-refractivity contribution < 1.29 is 4.52 Å². The molecule has 0 atom stereocenters. The van der Waals surface area contributed by atoms with Gasteiger partial charge in [0.05, 0.1) is 0 Å². The molecule has 0 bridgehead atoms. The van der Waals surface area contributed by atoms with Gasteiger partial charge in [0.25, 0.3) is 0 Å². The lowest BCUT2D eigenvalue weighted by Crippen LogP contribution is -2.16. The molecule has 3 rings (SSSR count). The fraction of sp³-hybridized carbons (Fsp3) is 0.200. The standard InChI is InChI=1S/C15H15N3OS/c1-2-4-12(5-3-1)13-8-14(20-10-13)9-16-7-6-15-17-11-18-19-15/h1-5,8,10-11,16H,6-7,9H2. The average molecular weight is 285 g/mol. The Hall–Kier alpha value is -1.98. The van der Waals surface area contributed by atoms with Crippen LogP contribution in [0.25, 0.3) is 11.1 Å². The van der Waals surface area contributed by atoms with Crippen LogP contribution in [0.3, 0.4) is 0 Å². The fourth-order valence-corrected chi connectivity index (χ4v) is 2.83. The Morgan fingerprint density at radius 1 is 1.15 bits per heavy atom. The molecule has 0 radical (unpaired) electrons. The zero-order chi connectivity index (χ0) is 13.6. The Balaban J connectivity index is 1.50. The molecule has 0 amide bonds. The van der Waals surface area contributed by atoms with Crippen molar-refractivity contribution in [3.05, 3.63) is 58.9 Å². The quantitative estimate of drug-likeness (QED) is 0.707. The van der Waals surface area contributed by atoms with E-state index in [0.29, 0.717) is 5.89 Å². The molecular weight excluding hydrogens is 270 g/mol. The number of aromatic nitrogens is 2. The molecule has 4 nitrogen and oxygen atoms in total. The first-order valence-corrected chi connectivity index (χ1v) is 7.39. The summed E-state index contributed by atoms with van der Waals surface area (Å²) in [5, 5.41) is 9.17. The lowest BCUT2D eigenvalue weighted by molar-refractivity contribution is 0.375. The number of hydrogen-bond acceptors (Lipinski definition) is 5. The number of hydrogen-bond donors (Lipinski definition) is 1. The second-order valence-electron chi connectivity index (χ2n) is 4.43. The van der Waals surface area contributed by atoms with E-state index in [1.165, 1.54) is 22.3 Å². The highest BCUT2D eigenvalue weighted by atomic mass is 32.1. The highest BCUT2D eigenvalue weighted by molar-refractivity contribution is 7.10. The van der Waals surface area contributed by atoms with E-state index < -0.39 is 0 Å². The van der Waals surface area contributed by atoms with Gasteiger partial charge in [-0.05, 0) is 22.6 Å². The molecule has 0 fully saturated rings. The van der Waals surface area contributed by atoms with Crippen molar-refractivity contribution in [1.82, 2.24) is 15.5 Å². The number of nitrogens with zero attached hydrogens (tertiary/aromatic N) is 2. The van der Waals surface area contributed by atoms with Crippen LogP contribution in [0.5, 0.6) is 0 Å². The molecule has 2 heterocycles. The molecule has 0 aliphatic heterocycles. The fourth-order valence-electron chi connectivity index (χ4n) is 1.97. The third-order valence-electron chi connectivity index (χ3n) is 2.98. The van der Waals surface area contributed by atoms with Crippen LogP contribution in [-0.4, -0.2) is 16.7 Å². The van der Waals surface area contributed by atoms with Crippen molar-refractivity contribution in [2.75, 3.05) is 6.54 Å². The third kappa shape index (κ3) is 3.31. The molecular formula is C15H15N3OS. The monoisotopic (exact) mass is 285 g/mol. The molecule has 0 spiro atoms. The smallest absolute Gasteiger partial charge is 0.227 e. The highest BCUT2D eigenvalue weighted by Gasteiger charge is 2.03. The molecule has 2 aromatic heterocycles. The van der Waals surface area contributed by atoms with Gasteiger partial charge in [0, 0.05) is 24.4 Å². The first-order valence-electron chi connectivity index (χ1n) is 6.51. The minimum absolute atomic E-state index is 0.675. The molecule has 3 aromatic rings. The van der Waals surface area contributed by atoms with Crippen LogP contribution in [0, 0.1) is 0 Å². The molecule has 20 heavy (non-hydrogen) atoms. The number of nitrogens with one attached hydrogen (secondary N) is 1. The van der Waals surface area contributed by atoms with Gasteiger partial charge in [0.2, 0.25) is 5.89 Å². The van der Waals surface area contributed by atoms with E-state index >= 15 is 0 Å². The minimum atomic E-state index is 0.675. The second-order valence-corrected chi connectivity index (χ2v) is 5.43. The van der Waals surface area contributed by atoms with E-state index in [1.807, 2.05) is 6.07 Å². The Morgan fingerprint density at radius 3 is 2.85 bits per heavy atom. The first-order chi connectivity index (χ1) is 9.92. The maximum atomic E-state index is 4.95. The normalized spacial score (nSPS) is 10.8. The Morgan fingerprint density at radius 2 is 2.05 bits per heavy atom. The number of thiophene rings is 1.